The van der Waals surface area contributed by atoms with Crippen molar-refractivity contribution in [3.8, 4) is 0 Å². The van der Waals surface area contributed by atoms with Crippen LogP contribution in [0.1, 0.15) is 31.2 Å². The zero-order valence-corrected chi connectivity index (χ0v) is 17.1. The fraction of sp³-hybridized carbons (Fsp3) is 0.450. The van der Waals surface area contributed by atoms with Crippen LogP contribution in [0.25, 0.3) is 0 Å². The molecule has 142 valence electrons. The first kappa shape index (κ1) is 20.9. The van der Waals surface area contributed by atoms with Crippen LogP contribution in [0.4, 0.5) is 0 Å². The molecular formula is C20H25IO5. The molecule has 0 fully saturated rings. The van der Waals surface area contributed by atoms with E-state index in [0.717, 1.165) is 15.6 Å². The molecule has 0 spiro atoms. The van der Waals surface area contributed by atoms with Crippen LogP contribution in [0, 0.1) is 9.49 Å². The van der Waals surface area contributed by atoms with E-state index < -0.39 is 12.3 Å². The number of ether oxygens (including phenoxy) is 3. The molecule has 0 saturated heterocycles. The predicted molar refractivity (Wildman–Crippen MR) is 107 cm³/mol. The number of aliphatic hydroxyl groups excluding tert-OH is 1. The molecule has 1 aliphatic heterocycles. The number of rotatable bonds is 9. The summed E-state index contributed by atoms with van der Waals surface area (Å²) in [6, 6.07) is 8.17. The lowest BCUT2D eigenvalue weighted by Gasteiger charge is -2.36. The van der Waals surface area contributed by atoms with Crippen molar-refractivity contribution in [3.05, 3.63) is 57.9 Å². The lowest BCUT2D eigenvalue weighted by molar-refractivity contribution is -0.175. The van der Waals surface area contributed by atoms with Gasteiger partial charge in [-0.25, -0.2) is 4.79 Å². The topological polar surface area (TPSA) is 65.0 Å². The Hall–Kier alpha value is -1.38. The van der Waals surface area contributed by atoms with E-state index in [1.165, 1.54) is 6.08 Å². The third-order valence-electron chi connectivity index (χ3n) is 4.20. The van der Waals surface area contributed by atoms with Gasteiger partial charge >= 0.3 is 5.97 Å². The molecule has 3 atom stereocenters. The molecule has 0 aliphatic carbocycles. The van der Waals surface area contributed by atoms with Crippen molar-refractivity contribution in [2.75, 3.05) is 19.8 Å². The Labute approximate surface area is 168 Å². The summed E-state index contributed by atoms with van der Waals surface area (Å²) in [4.78, 5) is 12.3. The van der Waals surface area contributed by atoms with E-state index in [1.807, 2.05) is 25.1 Å². The fourth-order valence-corrected chi connectivity index (χ4v) is 3.38. The molecule has 0 unspecified atom stereocenters. The second-order valence-electron chi connectivity index (χ2n) is 5.97. The number of carbonyl (C=O) groups is 1. The molecule has 1 N–H and O–H groups in total. The van der Waals surface area contributed by atoms with Crippen molar-refractivity contribution < 1.29 is 24.1 Å². The zero-order chi connectivity index (χ0) is 18.9. The molecule has 0 bridgehead atoms. The lowest BCUT2D eigenvalue weighted by Crippen LogP contribution is -2.36. The molecule has 1 heterocycles. The van der Waals surface area contributed by atoms with Gasteiger partial charge < -0.3 is 19.3 Å². The third kappa shape index (κ3) is 5.56. The Morgan fingerprint density at radius 1 is 1.38 bits per heavy atom. The highest BCUT2D eigenvalue weighted by Crippen LogP contribution is 2.39. The normalized spacial score (nSPS) is 22.3. The monoisotopic (exact) mass is 472 g/mol. The second kappa shape index (κ2) is 10.7. The molecule has 0 radical (unpaired) electrons. The van der Waals surface area contributed by atoms with Crippen LogP contribution in [0.3, 0.4) is 0 Å². The van der Waals surface area contributed by atoms with Crippen LogP contribution in [-0.2, 0) is 19.0 Å². The van der Waals surface area contributed by atoms with Gasteiger partial charge in [0.05, 0.1) is 0 Å². The first-order valence-electron chi connectivity index (χ1n) is 8.75. The van der Waals surface area contributed by atoms with Crippen molar-refractivity contribution in [3.63, 3.8) is 0 Å². The van der Waals surface area contributed by atoms with Gasteiger partial charge in [-0.15, -0.1) is 0 Å². The van der Waals surface area contributed by atoms with E-state index in [9.17, 15) is 9.90 Å². The highest BCUT2D eigenvalue weighted by atomic mass is 127. The largest absolute Gasteiger partial charge is 0.457 e. The SMILES string of the molecule is C=CCOC(=O)C1=C[C@@H](c2ccc(I)cc2)[C@H](CCCO)[C@@H](OCC)O1. The molecule has 1 aliphatic rings. The number of benzene rings is 1. The minimum atomic E-state index is -0.563. The van der Waals surface area contributed by atoms with Crippen LogP contribution >= 0.6 is 22.6 Å². The Bertz CT molecular complexity index is 626. The zero-order valence-electron chi connectivity index (χ0n) is 14.9. The maximum atomic E-state index is 12.3. The van der Waals surface area contributed by atoms with Crippen molar-refractivity contribution in [1.82, 2.24) is 0 Å². The van der Waals surface area contributed by atoms with Gasteiger partial charge in [-0.05, 0) is 66.1 Å². The molecule has 26 heavy (non-hydrogen) atoms. The van der Waals surface area contributed by atoms with Crippen molar-refractivity contribution in [1.29, 1.82) is 0 Å². The van der Waals surface area contributed by atoms with E-state index >= 15 is 0 Å². The molecule has 6 heteroatoms. The Morgan fingerprint density at radius 3 is 2.73 bits per heavy atom. The Morgan fingerprint density at radius 2 is 2.12 bits per heavy atom. The van der Waals surface area contributed by atoms with Crippen LogP contribution in [0.15, 0.2) is 48.8 Å². The summed E-state index contributed by atoms with van der Waals surface area (Å²) < 4.78 is 17.9. The number of aliphatic hydroxyl groups is 1. The average molecular weight is 472 g/mol. The number of halogens is 1. The van der Waals surface area contributed by atoms with Crippen LogP contribution in [0.5, 0.6) is 0 Å². The molecule has 1 aromatic rings. The van der Waals surface area contributed by atoms with Crippen molar-refractivity contribution in [2.45, 2.75) is 32.0 Å². The molecule has 0 saturated carbocycles. The first-order chi connectivity index (χ1) is 12.6. The van der Waals surface area contributed by atoms with E-state index in [2.05, 4.69) is 41.3 Å². The van der Waals surface area contributed by atoms with E-state index in [-0.39, 0.29) is 30.8 Å². The molecule has 5 nitrogen and oxygen atoms in total. The second-order valence-corrected chi connectivity index (χ2v) is 7.21. The number of hydrogen-bond acceptors (Lipinski definition) is 5. The Balaban J connectivity index is 2.36. The number of allylic oxidation sites excluding steroid dienone is 1. The lowest BCUT2D eigenvalue weighted by atomic mass is 9.80. The molecule has 0 aromatic heterocycles. The fourth-order valence-electron chi connectivity index (χ4n) is 3.02. The number of esters is 1. The van der Waals surface area contributed by atoms with E-state index in [0.29, 0.717) is 13.0 Å². The smallest absolute Gasteiger partial charge is 0.373 e. The van der Waals surface area contributed by atoms with Gasteiger partial charge in [0, 0.05) is 28.6 Å². The summed E-state index contributed by atoms with van der Waals surface area (Å²) in [6.07, 6.45) is 4.13. The van der Waals surface area contributed by atoms with Gasteiger partial charge in [0.2, 0.25) is 12.0 Å². The molecular weight excluding hydrogens is 447 g/mol. The summed E-state index contributed by atoms with van der Waals surface area (Å²) in [7, 11) is 0. The minimum Gasteiger partial charge on any atom is -0.457 e. The van der Waals surface area contributed by atoms with Crippen molar-refractivity contribution >= 4 is 28.6 Å². The predicted octanol–water partition coefficient (Wildman–Crippen LogP) is 3.77. The summed E-state index contributed by atoms with van der Waals surface area (Å²) >= 11 is 2.26. The number of hydrogen-bond donors (Lipinski definition) is 1. The van der Waals surface area contributed by atoms with Gasteiger partial charge in [0.1, 0.15) is 6.61 Å². The highest BCUT2D eigenvalue weighted by Gasteiger charge is 2.38. The maximum Gasteiger partial charge on any atom is 0.373 e. The van der Waals surface area contributed by atoms with Gasteiger partial charge in [-0.3, -0.25) is 0 Å². The summed E-state index contributed by atoms with van der Waals surface area (Å²) in [5.74, 6) is -0.423. The third-order valence-corrected chi connectivity index (χ3v) is 4.92. The van der Waals surface area contributed by atoms with Crippen LogP contribution < -0.4 is 0 Å². The molecule has 0 amide bonds. The average Bonchev–Trinajstić information content (AvgIpc) is 2.65. The van der Waals surface area contributed by atoms with Crippen LogP contribution in [0.2, 0.25) is 0 Å². The first-order valence-corrected chi connectivity index (χ1v) is 9.83. The summed E-state index contributed by atoms with van der Waals surface area (Å²) in [5.41, 5.74) is 1.08. The van der Waals surface area contributed by atoms with Gasteiger partial charge in [0.25, 0.3) is 0 Å². The highest BCUT2D eigenvalue weighted by molar-refractivity contribution is 14.1. The van der Waals surface area contributed by atoms with E-state index in [1.54, 1.807) is 0 Å². The van der Waals surface area contributed by atoms with Gasteiger partial charge in [0.15, 0.2) is 0 Å². The molecule has 2 rings (SSSR count). The quantitative estimate of drug-likeness (QED) is 0.337. The van der Waals surface area contributed by atoms with Crippen molar-refractivity contribution in [2.24, 2.45) is 5.92 Å². The van der Waals surface area contributed by atoms with Gasteiger partial charge in [-0.2, -0.15) is 0 Å². The summed E-state index contributed by atoms with van der Waals surface area (Å²) in [6.45, 7) is 6.14. The maximum absolute atomic E-state index is 12.3. The van der Waals surface area contributed by atoms with E-state index in [4.69, 9.17) is 14.2 Å². The Kier molecular flexibility index (Phi) is 8.61. The molecule has 1 aromatic carbocycles. The van der Waals surface area contributed by atoms with Crippen LogP contribution in [-0.4, -0.2) is 37.2 Å². The minimum absolute atomic E-state index is 0.00174. The van der Waals surface area contributed by atoms with Gasteiger partial charge in [-0.1, -0.05) is 24.8 Å². The standard InChI is InChI=1S/C20H25IO5/c1-3-12-25-19(23)18-13-17(14-7-9-15(21)10-8-14)16(6-5-11-22)20(26-18)24-4-2/h3,7-10,13,16-17,20,22H,1,4-6,11-12H2,2H3/t16-,17-,20-/m0/s1. The summed E-state index contributed by atoms with van der Waals surface area (Å²) in [5, 5.41) is 9.26. The number of carbonyl (C=O) groups excluding carboxylic acids is 1.